The molecule has 1 amide bonds. The van der Waals surface area contributed by atoms with Crippen LogP contribution in [-0.4, -0.2) is 40.4 Å². The van der Waals surface area contributed by atoms with E-state index in [-0.39, 0.29) is 34.7 Å². The average Bonchev–Trinajstić information content (AvgIpc) is 2.67. The van der Waals surface area contributed by atoms with Crippen molar-refractivity contribution in [2.24, 2.45) is 5.92 Å². The second kappa shape index (κ2) is 9.42. The van der Waals surface area contributed by atoms with E-state index in [4.69, 9.17) is 9.84 Å². The Morgan fingerprint density at radius 1 is 1.32 bits per heavy atom. The predicted molar refractivity (Wildman–Crippen MR) is 108 cm³/mol. The summed E-state index contributed by atoms with van der Waals surface area (Å²) in [6.07, 6.45) is 2.88. The number of rotatable bonds is 8. The number of methoxy groups -OCH3 is 1. The number of nitrogens with one attached hydrogen (secondary N) is 3. The molecule has 1 aliphatic rings. The van der Waals surface area contributed by atoms with Crippen LogP contribution in [0, 0.1) is 28.9 Å². The predicted octanol–water partition coefficient (Wildman–Crippen LogP) is 3.62. The number of halogens is 2. The maximum atomic E-state index is 14.7. The molecule has 1 fully saturated rings. The SMILES string of the molecule is COc1ncc(Nc2nc(N[C@@H](C3CCC3)[C@H](C)NC(=O)O)c(F)cc2C#N)cc1F. The minimum absolute atomic E-state index is 0.00368. The fraction of sp³-hybridized carbons (Fsp3) is 0.400. The second-order valence-electron chi connectivity index (χ2n) is 7.27. The van der Waals surface area contributed by atoms with Gasteiger partial charge in [0, 0.05) is 12.1 Å². The molecule has 0 unspecified atom stereocenters. The summed E-state index contributed by atoms with van der Waals surface area (Å²) in [5.41, 5.74) is 0.104. The molecule has 0 aromatic carbocycles. The summed E-state index contributed by atoms with van der Waals surface area (Å²) in [5, 5.41) is 26.6. The molecule has 2 heterocycles. The molecule has 4 N–H and O–H groups in total. The number of hydrogen-bond acceptors (Lipinski definition) is 7. The number of pyridine rings is 2. The van der Waals surface area contributed by atoms with Gasteiger partial charge in [0.1, 0.15) is 6.07 Å². The Bertz CT molecular complexity index is 1010. The minimum Gasteiger partial charge on any atom is -0.479 e. The van der Waals surface area contributed by atoms with E-state index >= 15 is 0 Å². The molecule has 0 radical (unpaired) electrons. The zero-order chi connectivity index (χ0) is 22.5. The molecule has 164 valence electrons. The molecule has 2 aromatic rings. The van der Waals surface area contributed by atoms with Crippen LogP contribution in [0.1, 0.15) is 31.7 Å². The average molecular weight is 432 g/mol. The third-order valence-corrected chi connectivity index (χ3v) is 5.21. The summed E-state index contributed by atoms with van der Waals surface area (Å²) in [4.78, 5) is 19.0. The number of ether oxygens (including phenoxy) is 1. The lowest BCUT2D eigenvalue weighted by Gasteiger charge is -2.38. The Labute approximate surface area is 177 Å². The number of anilines is 3. The van der Waals surface area contributed by atoms with Crippen molar-refractivity contribution in [3.05, 3.63) is 35.5 Å². The van der Waals surface area contributed by atoms with Crippen molar-refractivity contribution < 1.29 is 23.4 Å². The van der Waals surface area contributed by atoms with E-state index in [1.165, 1.54) is 13.3 Å². The molecule has 3 rings (SSSR count). The van der Waals surface area contributed by atoms with Gasteiger partial charge in [-0.05, 0) is 31.7 Å². The fourth-order valence-corrected chi connectivity index (χ4v) is 3.44. The number of nitrogens with zero attached hydrogens (tertiary/aromatic N) is 3. The van der Waals surface area contributed by atoms with Crippen LogP contribution in [0.3, 0.4) is 0 Å². The van der Waals surface area contributed by atoms with Crippen molar-refractivity contribution in [2.75, 3.05) is 17.7 Å². The van der Waals surface area contributed by atoms with Crippen molar-refractivity contribution in [1.82, 2.24) is 15.3 Å². The number of aromatic nitrogens is 2. The Morgan fingerprint density at radius 2 is 2.06 bits per heavy atom. The quantitative estimate of drug-likeness (QED) is 0.497. The van der Waals surface area contributed by atoms with E-state index in [2.05, 4.69) is 25.9 Å². The number of nitriles is 1. The van der Waals surface area contributed by atoms with Gasteiger partial charge in [0.15, 0.2) is 23.3 Å². The Morgan fingerprint density at radius 3 is 2.61 bits per heavy atom. The smallest absolute Gasteiger partial charge is 0.404 e. The number of hydrogen-bond donors (Lipinski definition) is 4. The summed E-state index contributed by atoms with van der Waals surface area (Å²) in [6, 6.07) is 3.07. The number of amides is 1. The Hall–Kier alpha value is -3.68. The maximum Gasteiger partial charge on any atom is 0.404 e. The summed E-state index contributed by atoms with van der Waals surface area (Å²) in [6.45, 7) is 1.69. The van der Waals surface area contributed by atoms with Gasteiger partial charge in [-0.3, -0.25) is 0 Å². The third kappa shape index (κ3) is 5.09. The summed E-state index contributed by atoms with van der Waals surface area (Å²) in [7, 11) is 1.28. The minimum atomic E-state index is -1.18. The molecule has 1 aliphatic carbocycles. The maximum absolute atomic E-state index is 14.7. The molecule has 1 saturated carbocycles. The van der Waals surface area contributed by atoms with Gasteiger partial charge in [0.05, 0.1) is 30.6 Å². The zero-order valence-corrected chi connectivity index (χ0v) is 16.9. The van der Waals surface area contributed by atoms with Gasteiger partial charge < -0.3 is 25.8 Å². The Balaban J connectivity index is 1.89. The lowest BCUT2D eigenvalue weighted by atomic mass is 9.77. The van der Waals surface area contributed by atoms with Gasteiger partial charge >= 0.3 is 6.09 Å². The third-order valence-electron chi connectivity index (χ3n) is 5.21. The van der Waals surface area contributed by atoms with E-state index in [1.807, 2.05) is 6.07 Å². The van der Waals surface area contributed by atoms with Gasteiger partial charge in [-0.15, -0.1) is 0 Å². The van der Waals surface area contributed by atoms with Crippen LogP contribution >= 0.6 is 0 Å². The van der Waals surface area contributed by atoms with Gasteiger partial charge in [0.25, 0.3) is 0 Å². The first-order valence-corrected chi connectivity index (χ1v) is 9.65. The normalized spacial score (nSPS) is 15.2. The van der Waals surface area contributed by atoms with E-state index < -0.39 is 29.8 Å². The van der Waals surface area contributed by atoms with Crippen molar-refractivity contribution in [1.29, 1.82) is 5.26 Å². The summed E-state index contributed by atoms with van der Waals surface area (Å²) >= 11 is 0. The summed E-state index contributed by atoms with van der Waals surface area (Å²) < 4.78 is 33.4. The molecule has 11 heteroatoms. The van der Waals surface area contributed by atoms with Crippen molar-refractivity contribution in [2.45, 2.75) is 38.3 Å². The standard InChI is InChI=1S/C20H22F2N6O3/c1-10(25-20(29)30)16(11-4-3-5-11)27-18-14(21)6-12(8-23)17(28-18)26-13-7-15(22)19(31-2)24-9-13/h6-7,9-11,16,25H,3-5H2,1-2H3,(H,29,30)(H2,26,27,28)/t10-,16+/m0/s1. The van der Waals surface area contributed by atoms with Gasteiger partial charge in [-0.1, -0.05) is 6.42 Å². The largest absolute Gasteiger partial charge is 0.479 e. The topological polar surface area (TPSA) is 132 Å². The monoisotopic (exact) mass is 432 g/mol. The zero-order valence-electron chi connectivity index (χ0n) is 16.9. The van der Waals surface area contributed by atoms with Gasteiger partial charge in [-0.2, -0.15) is 5.26 Å². The fourth-order valence-electron chi connectivity index (χ4n) is 3.44. The van der Waals surface area contributed by atoms with E-state index in [1.54, 1.807) is 6.92 Å². The molecule has 0 bridgehead atoms. The molecular weight excluding hydrogens is 410 g/mol. The Kier molecular flexibility index (Phi) is 6.69. The van der Waals surface area contributed by atoms with Crippen LogP contribution in [0.25, 0.3) is 0 Å². The van der Waals surface area contributed by atoms with Crippen molar-refractivity contribution >= 4 is 23.4 Å². The number of carbonyl (C=O) groups is 1. The first kappa shape index (κ1) is 22.0. The number of carboxylic acid groups (broad SMARTS) is 1. The molecule has 9 nitrogen and oxygen atoms in total. The first-order chi connectivity index (χ1) is 14.8. The van der Waals surface area contributed by atoms with Crippen LogP contribution in [0.5, 0.6) is 5.88 Å². The van der Waals surface area contributed by atoms with Crippen LogP contribution < -0.4 is 20.7 Å². The van der Waals surface area contributed by atoms with E-state index in [0.717, 1.165) is 31.4 Å². The van der Waals surface area contributed by atoms with Crippen LogP contribution in [0.2, 0.25) is 0 Å². The van der Waals surface area contributed by atoms with E-state index in [0.29, 0.717) is 0 Å². The van der Waals surface area contributed by atoms with Crippen LogP contribution in [0.15, 0.2) is 18.3 Å². The van der Waals surface area contributed by atoms with Gasteiger partial charge in [0.2, 0.25) is 5.88 Å². The lowest BCUT2D eigenvalue weighted by molar-refractivity contribution is 0.180. The second-order valence-corrected chi connectivity index (χ2v) is 7.27. The molecule has 0 aliphatic heterocycles. The highest BCUT2D eigenvalue weighted by Gasteiger charge is 2.33. The molecule has 0 spiro atoms. The van der Waals surface area contributed by atoms with Crippen molar-refractivity contribution in [3.63, 3.8) is 0 Å². The summed E-state index contributed by atoms with van der Waals surface area (Å²) in [5.74, 6) is -1.65. The van der Waals surface area contributed by atoms with Crippen LogP contribution in [0.4, 0.5) is 30.9 Å². The molecule has 0 saturated heterocycles. The van der Waals surface area contributed by atoms with Gasteiger partial charge in [-0.25, -0.2) is 23.5 Å². The highest BCUT2D eigenvalue weighted by molar-refractivity contribution is 5.66. The highest BCUT2D eigenvalue weighted by Crippen LogP contribution is 2.34. The molecule has 2 atom stereocenters. The molecule has 31 heavy (non-hydrogen) atoms. The first-order valence-electron chi connectivity index (χ1n) is 9.65. The van der Waals surface area contributed by atoms with Crippen LogP contribution in [-0.2, 0) is 0 Å². The van der Waals surface area contributed by atoms with E-state index in [9.17, 15) is 18.8 Å². The molecule has 2 aromatic heterocycles. The lowest BCUT2D eigenvalue weighted by Crippen LogP contribution is -2.50. The molecular formula is C20H22F2N6O3. The highest BCUT2D eigenvalue weighted by atomic mass is 19.1. The van der Waals surface area contributed by atoms with Crippen molar-refractivity contribution in [3.8, 4) is 11.9 Å².